The summed E-state index contributed by atoms with van der Waals surface area (Å²) in [5.41, 5.74) is 6.64. The van der Waals surface area contributed by atoms with Gasteiger partial charge in [-0.3, -0.25) is 9.48 Å². The Morgan fingerprint density at radius 2 is 2.47 bits per heavy atom. The fraction of sp³-hybridized carbons (Fsp3) is 0.692. The van der Waals surface area contributed by atoms with E-state index in [4.69, 9.17) is 10.5 Å². The van der Waals surface area contributed by atoms with Crippen molar-refractivity contribution in [2.24, 2.45) is 11.7 Å². The second-order valence-electron chi connectivity index (χ2n) is 5.10. The van der Waals surface area contributed by atoms with Crippen LogP contribution in [0.2, 0.25) is 0 Å². The summed E-state index contributed by atoms with van der Waals surface area (Å²) >= 11 is 0. The fourth-order valence-electron chi connectivity index (χ4n) is 2.45. The first-order valence-electron chi connectivity index (χ1n) is 6.77. The van der Waals surface area contributed by atoms with Gasteiger partial charge in [0.15, 0.2) is 0 Å². The van der Waals surface area contributed by atoms with Gasteiger partial charge in [0.1, 0.15) is 0 Å². The number of rotatable bonds is 5. The maximum absolute atomic E-state index is 12.1. The fourth-order valence-corrected chi connectivity index (χ4v) is 2.45. The van der Waals surface area contributed by atoms with Crippen molar-refractivity contribution in [2.45, 2.75) is 38.3 Å². The Bertz CT molecular complexity index is 419. The summed E-state index contributed by atoms with van der Waals surface area (Å²) in [5.74, 6) is 0.0903. The average Bonchev–Trinajstić information content (AvgIpc) is 2.84. The van der Waals surface area contributed by atoms with Crippen LogP contribution < -0.4 is 11.1 Å². The Morgan fingerprint density at radius 1 is 1.63 bits per heavy atom. The van der Waals surface area contributed by atoms with Gasteiger partial charge in [0.2, 0.25) is 5.91 Å². The molecule has 0 aliphatic heterocycles. The molecule has 6 heteroatoms. The van der Waals surface area contributed by atoms with Crippen LogP contribution in [0.4, 0.5) is 5.69 Å². The molecule has 2 unspecified atom stereocenters. The summed E-state index contributed by atoms with van der Waals surface area (Å²) < 4.78 is 6.74. The minimum Gasteiger partial charge on any atom is -0.383 e. The van der Waals surface area contributed by atoms with Gasteiger partial charge in [0.25, 0.3) is 0 Å². The van der Waals surface area contributed by atoms with Gasteiger partial charge in [-0.2, -0.15) is 5.10 Å². The molecule has 0 radical (unpaired) electrons. The molecule has 3 N–H and O–H groups in total. The van der Waals surface area contributed by atoms with Crippen molar-refractivity contribution in [3.05, 3.63) is 12.4 Å². The van der Waals surface area contributed by atoms with Crippen molar-refractivity contribution in [1.29, 1.82) is 0 Å². The van der Waals surface area contributed by atoms with E-state index < -0.39 is 0 Å². The van der Waals surface area contributed by atoms with Gasteiger partial charge >= 0.3 is 0 Å². The molecule has 1 aliphatic rings. The molecule has 0 saturated heterocycles. The standard InChI is InChI=1S/C13H22N4O2/c1-19-6-5-17-9-12(8-15-17)16-13(18)10-3-2-4-11(14)7-10/h8-11H,2-7,14H2,1H3,(H,16,18). The molecule has 0 bridgehead atoms. The van der Waals surface area contributed by atoms with Crippen molar-refractivity contribution >= 4 is 11.6 Å². The second kappa shape index (κ2) is 6.68. The predicted octanol–water partition coefficient (Wildman–Crippen LogP) is 0.985. The van der Waals surface area contributed by atoms with E-state index in [-0.39, 0.29) is 17.9 Å². The van der Waals surface area contributed by atoms with Crippen LogP contribution in [0.1, 0.15) is 25.7 Å². The minimum absolute atomic E-state index is 0.0334. The molecule has 1 aromatic rings. The van der Waals surface area contributed by atoms with Gasteiger partial charge in [-0.05, 0) is 19.3 Å². The molecular formula is C13H22N4O2. The second-order valence-corrected chi connectivity index (χ2v) is 5.10. The van der Waals surface area contributed by atoms with Gasteiger partial charge < -0.3 is 15.8 Å². The number of amides is 1. The van der Waals surface area contributed by atoms with Crippen molar-refractivity contribution in [1.82, 2.24) is 9.78 Å². The highest BCUT2D eigenvalue weighted by Crippen LogP contribution is 2.24. The number of ether oxygens (including phenoxy) is 1. The Balaban J connectivity index is 1.86. The summed E-state index contributed by atoms with van der Waals surface area (Å²) in [4.78, 5) is 12.1. The van der Waals surface area contributed by atoms with Crippen molar-refractivity contribution in [2.75, 3.05) is 19.0 Å². The number of nitrogens with one attached hydrogen (secondary N) is 1. The van der Waals surface area contributed by atoms with E-state index in [0.717, 1.165) is 31.4 Å². The number of anilines is 1. The zero-order valence-electron chi connectivity index (χ0n) is 11.3. The Morgan fingerprint density at radius 3 is 3.21 bits per heavy atom. The lowest BCUT2D eigenvalue weighted by Gasteiger charge is -2.25. The van der Waals surface area contributed by atoms with Gasteiger partial charge in [0.05, 0.1) is 25.0 Å². The third-order valence-corrected chi connectivity index (χ3v) is 3.51. The molecule has 1 aromatic heterocycles. The van der Waals surface area contributed by atoms with Gasteiger partial charge in [-0.1, -0.05) is 6.42 Å². The quantitative estimate of drug-likeness (QED) is 0.832. The van der Waals surface area contributed by atoms with Crippen LogP contribution in [-0.2, 0) is 16.1 Å². The summed E-state index contributed by atoms with van der Waals surface area (Å²) in [5, 5.41) is 7.07. The first-order chi connectivity index (χ1) is 9.19. The van der Waals surface area contributed by atoms with Crippen LogP contribution in [0.3, 0.4) is 0 Å². The number of nitrogens with zero attached hydrogens (tertiary/aromatic N) is 2. The van der Waals surface area contributed by atoms with Crippen molar-refractivity contribution < 1.29 is 9.53 Å². The first kappa shape index (κ1) is 14.0. The summed E-state index contributed by atoms with van der Waals surface area (Å²) in [7, 11) is 1.65. The van der Waals surface area contributed by atoms with E-state index in [1.807, 2.05) is 6.20 Å². The summed E-state index contributed by atoms with van der Waals surface area (Å²) in [6.07, 6.45) is 7.25. The van der Waals surface area contributed by atoms with Crippen molar-refractivity contribution in [3.63, 3.8) is 0 Å². The van der Waals surface area contributed by atoms with E-state index in [2.05, 4.69) is 10.4 Å². The monoisotopic (exact) mass is 266 g/mol. The maximum Gasteiger partial charge on any atom is 0.227 e. The SMILES string of the molecule is COCCn1cc(NC(=O)C2CCCC(N)C2)cn1. The maximum atomic E-state index is 12.1. The van der Waals surface area contributed by atoms with E-state index in [1.165, 1.54) is 0 Å². The molecule has 1 fully saturated rings. The summed E-state index contributed by atoms with van der Waals surface area (Å²) in [6.45, 7) is 1.28. The number of nitrogens with two attached hydrogens (primary N) is 1. The van der Waals surface area contributed by atoms with Crippen LogP contribution in [0.5, 0.6) is 0 Å². The smallest absolute Gasteiger partial charge is 0.227 e. The Labute approximate surface area is 113 Å². The van der Waals surface area contributed by atoms with Crippen LogP contribution in [-0.4, -0.2) is 35.4 Å². The topological polar surface area (TPSA) is 82.2 Å². The van der Waals surface area contributed by atoms with Gasteiger partial charge in [-0.15, -0.1) is 0 Å². The van der Waals surface area contributed by atoms with Crippen LogP contribution in [0.25, 0.3) is 0 Å². The molecule has 1 amide bonds. The van der Waals surface area contributed by atoms with Crippen LogP contribution in [0.15, 0.2) is 12.4 Å². The molecule has 19 heavy (non-hydrogen) atoms. The molecule has 106 valence electrons. The third kappa shape index (κ3) is 4.04. The molecular weight excluding hydrogens is 244 g/mol. The summed E-state index contributed by atoms with van der Waals surface area (Å²) in [6, 6.07) is 0.161. The molecule has 0 aromatic carbocycles. The third-order valence-electron chi connectivity index (χ3n) is 3.51. The normalized spacial score (nSPS) is 23.3. The van der Waals surface area contributed by atoms with E-state index in [1.54, 1.807) is 18.0 Å². The van der Waals surface area contributed by atoms with E-state index in [0.29, 0.717) is 13.2 Å². The van der Waals surface area contributed by atoms with Crippen LogP contribution in [0, 0.1) is 5.92 Å². The predicted molar refractivity (Wildman–Crippen MR) is 72.7 cm³/mol. The number of carbonyl (C=O) groups is 1. The van der Waals surface area contributed by atoms with Crippen LogP contribution >= 0.6 is 0 Å². The lowest BCUT2D eigenvalue weighted by molar-refractivity contribution is -0.120. The highest BCUT2D eigenvalue weighted by Gasteiger charge is 2.25. The first-order valence-corrected chi connectivity index (χ1v) is 6.77. The van der Waals surface area contributed by atoms with E-state index >= 15 is 0 Å². The van der Waals surface area contributed by atoms with Gasteiger partial charge in [-0.25, -0.2) is 0 Å². The largest absolute Gasteiger partial charge is 0.383 e. The Hall–Kier alpha value is -1.40. The molecule has 0 spiro atoms. The molecule has 1 aliphatic carbocycles. The zero-order chi connectivity index (χ0) is 13.7. The molecule has 1 saturated carbocycles. The highest BCUT2D eigenvalue weighted by atomic mass is 16.5. The van der Waals surface area contributed by atoms with Crippen molar-refractivity contribution in [3.8, 4) is 0 Å². The molecule has 6 nitrogen and oxygen atoms in total. The van der Waals surface area contributed by atoms with Gasteiger partial charge in [0, 0.05) is 25.3 Å². The highest BCUT2D eigenvalue weighted by molar-refractivity contribution is 5.92. The molecule has 1 heterocycles. The average molecular weight is 266 g/mol. The Kier molecular flexibility index (Phi) is 4.93. The van der Waals surface area contributed by atoms with E-state index in [9.17, 15) is 4.79 Å². The number of methoxy groups -OCH3 is 1. The number of hydrogen-bond donors (Lipinski definition) is 2. The zero-order valence-corrected chi connectivity index (χ0v) is 11.3. The number of carbonyl (C=O) groups excluding carboxylic acids is 1. The lowest BCUT2D eigenvalue weighted by atomic mass is 9.85. The minimum atomic E-state index is 0.0334. The number of hydrogen-bond acceptors (Lipinski definition) is 4. The number of aromatic nitrogens is 2. The molecule has 2 rings (SSSR count). The molecule has 2 atom stereocenters. The lowest BCUT2D eigenvalue weighted by Crippen LogP contribution is -2.34.